The van der Waals surface area contributed by atoms with Crippen LogP contribution in [0.3, 0.4) is 0 Å². The topological polar surface area (TPSA) is 30.5 Å². The second-order valence-electron chi connectivity index (χ2n) is 6.79. The fraction of sp³-hybridized carbons (Fsp3) is 0.400. The minimum absolute atomic E-state index is 0.157. The van der Waals surface area contributed by atoms with Crippen LogP contribution < -0.4 is 14.8 Å². The van der Waals surface area contributed by atoms with Crippen LogP contribution in [-0.2, 0) is 6.18 Å². The molecule has 1 aliphatic rings. The summed E-state index contributed by atoms with van der Waals surface area (Å²) in [6.07, 6.45) is -7.79. The Morgan fingerprint density at radius 1 is 0.862 bits per heavy atom. The van der Waals surface area contributed by atoms with Gasteiger partial charge in [-0.15, -0.1) is 13.2 Å². The van der Waals surface area contributed by atoms with Crippen molar-refractivity contribution < 1.29 is 35.8 Å². The zero-order valence-corrected chi connectivity index (χ0v) is 15.2. The van der Waals surface area contributed by atoms with Crippen LogP contribution in [0.4, 0.5) is 26.3 Å². The quantitative estimate of drug-likeness (QED) is 0.636. The molecule has 1 saturated heterocycles. The molecule has 0 radical (unpaired) electrons. The molecule has 158 valence electrons. The lowest BCUT2D eigenvalue weighted by molar-refractivity contribution is -0.275. The minimum atomic E-state index is -4.91. The fourth-order valence-corrected chi connectivity index (χ4v) is 3.14. The highest BCUT2D eigenvalue weighted by atomic mass is 19.4. The monoisotopic (exact) mass is 419 g/mol. The van der Waals surface area contributed by atoms with E-state index in [2.05, 4.69) is 10.1 Å². The SMILES string of the molecule is FC(F)(F)Oc1ccc(-c2cccc(C(F)(F)F)c2)cc1OCC1CCNCC1. The molecule has 0 spiro atoms. The second-order valence-corrected chi connectivity index (χ2v) is 6.79. The van der Waals surface area contributed by atoms with Crippen LogP contribution in [-0.4, -0.2) is 26.1 Å². The average Bonchev–Trinajstić information content (AvgIpc) is 2.66. The minimum Gasteiger partial charge on any atom is -0.489 e. The Bertz CT molecular complexity index is 828. The molecule has 2 aromatic carbocycles. The van der Waals surface area contributed by atoms with E-state index in [4.69, 9.17) is 4.74 Å². The number of alkyl halides is 6. The molecule has 1 N–H and O–H groups in total. The summed E-state index contributed by atoms with van der Waals surface area (Å²) >= 11 is 0. The fourth-order valence-electron chi connectivity index (χ4n) is 3.14. The normalized spacial score (nSPS) is 15.9. The maximum Gasteiger partial charge on any atom is 0.573 e. The molecule has 0 aliphatic carbocycles. The predicted molar refractivity (Wildman–Crippen MR) is 94.7 cm³/mol. The molecule has 0 unspecified atom stereocenters. The van der Waals surface area contributed by atoms with Gasteiger partial charge in [-0.2, -0.15) is 13.2 Å². The molecule has 3 nitrogen and oxygen atoms in total. The first-order chi connectivity index (χ1) is 13.6. The van der Waals surface area contributed by atoms with Crippen LogP contribution >= 0.6 is 0 Å². The third-order valence-corrected chi connectivity index (χ3v) is 4.63. The van der Waals surface area contributed by atoms with Crippen LogP contribution in [0.2, 0.25) is 0 Å². The first-order valence-electron chi connectivity index (χ1n) is 9.03. The smallest absolute Gasteiger partial charge is 0.489 e. The van der Waals surface area contributed by atoms with Crippen LogP contribution in [0.1, 0.15) is 18.4 Å². The van der Waals surface area contributed by atoms with Gasteiger partial charge in [-0.05, 0) is 67.2 Å². The van der Waals surface area contributed by atoms with E-state index < -0.39 is 23.9 Å². The molecule has 0 aromatic heterocycles. The van der Waals surface area contributed by atoms with Crippen molar-refractivity contribution in [3.05, 3.63) is 48.0 Å². The Morgan fingerprint density at radius 3 is 2.21 bits per heavy atom. The Labute approximate surface area is 163 Å². The number of nitrogens with one attached hydrogen (secondary N) is 1. The van der Waals surface area contributed by atoms with E-state index in [-0.39, 0.29) is 23.8 Å². The molecule has 0 saturated carbocycles. The van der Waals surface area contributed by atoms with Crippen molar-refractivity contribution >= 4 is 0 Å². The van der Waals surface area contributed by atoms with Crippen LogP contribution in [0.25, 0.3) is 11.1 Å². The molecular formula is C20H19F6NO2. The third-order valence-electron chi connectivity index (χ3n) is 4.63. The van der Waals surface area contributed by atoms with Crippen molar-refractivity contribution in [2.45, 2.75) is 25.4 Å². The molecule has 0 bridgehead atoms. The Balaban J connectivity index is 1.89. The Hall–Kier alpha value is -2.42. The standard InChI is InChI=1S/C20H19F6NO2/c21-19(22,23)16-3-1-2-14(10-16)15-4-5-17(29-20(24,25)26)18(11-15)28-12-13-6-8-27-9-7-13/h1-5,10-11,13,27H,6-9,12H2. The Kier molecular flexibility index (Phi) is 6.26. The lowest BCUT2D eigenvalue weighted by Gasteiger charge is -2.23. The summed E-state index contributed by atoms with van der Waals surface area (Å²) in [6.45, 7) is 1.79. The highest BCUT2D eigenvalue weighted by Gasteiger charge is 2.33. The van der Waals surface area contributed by atoms with E-state index >= 15 is 0 Å². The third kappa shape index (κ3) is 6.03. The molecule has 3 rings (SSSR count). The van der Waals surface area contributed by atoms with E-state index in [1.807, 2.05) is 0 Å². The van der Waals surface area contributed by atoms with Crippen molar-refractivity contribution in [2.75, 3.05) is 19.7 Å². The number of benzene rings is 2. The van der Waals surface area contributed by atoms with Gasteiger partial charge < -0.3 is 14.8 Å². The van der Waals surface area contributed by atoms with Gasteiger partial charge in [0.2, 0.25) is 0 Å². The molecule has 1 fully saturated rings. The number of hydrogen-bond donors (Lipinski definition) is 1. The number of hydrogen-bond acceptors (Lipinski definition) is 3. The van der Waals surface area contributed by atoms with Crippen molar-refractivity contribution in [3.8, 4) is 22.6 Å². The highest BCUT2D eigenvalue weighted by molar-refractivity contribution is 5.68. The predicted octanol–water partition coefficient (Wildman–Crippen LogP) is 5.65. The maximum absolute atomic E-state index is 13.0. The van der Waals surface area contributed by atoms with Crippen LogP contribution in [0, 0.1) is 5.92 Å². The van der Waals surface area contributed by atoms with Crippen molar-refractivity contribution in [2.24, 2.45) is 5.92 Å². The van der Waals surface area contributed by atoms with Gasteiger partial charge in [-0.3, -0.25) is 0 Å². The van der Waals surface area contributed by atoms with E-state index in [1.165, 1.54) is 24.3 Å². The zero-order chi connectivity index (χ0) is 21.1. The first kappa shape index (κ1) is 21.3. The van der Waals surface area contributed by atoms with E-state index in [0.29, 0.717) is 5.56 Å². The average molecular weight is 419 g/mol. The number of ether oxygens (including phenoxy) is 2. The van der Waals surface area contributed by atoms with Gasteiger partial charge in [0.15, 0.2) is 11.5 Å². The summed E-state index contributed by atoms with van der Waals surface area (Å²) in [5.41, 5.74) is -0.334. The van der Waals surface area contributed by atoms with Gasteiger partial charge in [0.25, 0.3) is 0 Å². The van der Waals surface area contributed by atoms with Gasteiger partial charge in [-0.25, -0.2) is 0 Å². The van der Waals surface area contributed by atoms with E-state index in [1.54, 1.807) is 0 Å². The van der Waals surface area contributed by atoms with Crippen molar-refractivity contribution in [1.82, 2.24) is 5.32 Å². The Morgan fingerprint density at radius 2 is 1.55 bits per heavy atom. The van der Waals surface area contributed by atoms with Crippen molar-refractivity contribution in [1.29, 1.82) is 0 Å². The second kappa shape index (κ2) is 8.52. The largest absolute Gasteiger partial charge is 0.573 e. The summed E-state index contributed by atoms with van der Waals surface area (Å²) in [5.74, 6) is -0.509. The van der Waals surface area contributed by atoms with Gasteiger partial charge in [0.1, 0.15) is 0 Å². The molecule has 29 heavy (non-hydrogen) atoms. The lowest BCUT2D eigenvalue weighted by atomic mass is 9.99. The van der Waals surface area contributed by atoms with E-state index in [9.17, 15) is 26.3 Å². The van der Waals surface area contributed by atoms with Gasteiger partial charge in [0.05, 0.1) is 12.2 Å². The van der Waals surface area contributed by atoms with E-state index in [0.717, 1.165) is 44.1 Å². The summed E-state index contributed by atoms with van der Waals surface area (Å²) in [6, 6.07) is 8.17. The first-order valence-corrected chi connectivity index (χ1v) is 9.03. The van der Waals surface area contributed by atoms with Gasteiger partial charge in [0, 0.05) is 0 Å². The maximum atomic E-state index is 13.0. The summed E-state index contributed by atoms with van der Waals surface area (Å²) in [7, 11) is 0. The molecule has 0 atom stereocenters. The number of rotatable bonds is 5. The molecular weight excluding hydrogens is 400 g/mol. The molecule has 0 amide bonds. The zero-order valence-electron chi connectivity index (χ0n) is 15.2. The van der Waals surface area contributed by atoms with Crippen molar-refractivity contribution in [3.63, 3.8) is 0 Å². The molecule has 9 heteroatoms. The highest BCUT2D eigenvalue weighted by Crippen LogP contribution is 2.38. The van der Waals surface area contributed by atoms with Gasteiger partial charge >= 0.3 is 12.5 Å². The van der Waals surface area contributed by atoms with Crippen LogP contribution in [0.15, 0.2) is 42.5 Å². The molecule has 2 aromatic rings. The lowest BCUT2D eigenvalue weighted by Crippen LogP contribution is -2.30. The summed E-state index contributed by atoms with van der Waals surface area (Å²) < 4.78 is 86.7. The molecule has 1 heterocycles. The number of halogens is 6. The summed E-state index contributed by atoms with van der Waals surface area (Å²) in [4.78, 5) is 0. The summed E-state index contributed by atoms with van der Waals surface area (Å²) in [5, 5.41) is 3.18. The number of piperidine rings is 1. The van der Waals surface area contributed by atoms with Crippen LogP contribution in [0.5, 0.6) is 11.5 Å². The molecule has 1 aliphatic heterocycles. The van der Waals surface area contributed by atoms with Gasteiger partial charge in [-0.1, -0.05) is 18.2 Å².